The number of nitrogens with two attached hydrogens (primary N) is 1. The van der Waals surface area contributed by atoms with Gasteiger partial charge in [-0.05, 0) is 23.8 Å². The number of methoxy groups -OCH3 is 1. The molecule has 3 nitrogen and oxygen atoms in total. The Morgan fingerprint density at radius 1 is 1.13 bits per heavy atom. The quantitative estimate of drug-likeness (QED) is 0.757. The Kier molecular flexibility index (Phi) is 2.54. The third-order valence-electron chi connectivity index (χ3n) is 2.23. The summed E-state index contributed by atoms with van der Waals surface area (Å²) >= 11 is 0. The van der Waals surface area contributed by atoms with Gasteiger partial charge in [0.15, 0.2) is 0 Å². The Morgan fingerprint density at radius 2 is 1.87 bits per heavy atom. The van der Waals surface area contributed by atoms with Gasteiger partial charge in [-0.2, -0.15) is 0 Å². The predicted molar refractivity (Wildman–Crippen MR) is 60.6 cm³/mol. The molecular formula is C12H12N2O. The smallest absolute Gasteiger partial charge is 0.144 e. The molecule has 0 saturated heterocycles. The summed E-state index contributed by atoms with van der Waals surface area (Å²) in [5, 5.41) is 0. The topological polar surface area (TPSA) is 48.1 Å². The summed E-state index contributed by atoms with van der Waals surface area (Å²) in [6.07, 6.45) is 3.44. The van der Waals surface area contributed by atoms with Gasteiger partial charge in [0.05, 0.1) is 13.3 Å². The van der Waals surface area contributed by atoms with Gasteiger partial charge < -0.3 is 10.5 Å². The molecule has 0 spiro atoms. The van der Waals surface area contributed by atoms with Gasteiger partial charge in [-0.15, -0.1) is 0 Å². The highest BCUT2D eigenvalue weighted by Gasteiger charge is 2.04. The molecule has 15 heavy (non-hydrogen) atoms. The Hall–Kier alpha value is -2.03. The first-order valence-electron chi connectivity index (χ1n) is 4.65. The van der Waals surface area contributed by atoms with E-state index in [-0.39, 0.29) is 0 Å². The lowest BCUT2D eigenvalue weighted by Crippen LogP contribution is -1.89. The Bertz CT molecular complexity index is 451. The maximum Gasteiger partial charge on any atom is 0.144 e. The first-order valence-corrected chi connectivity index (χ1v) is 4.65. The van der Waals surface area contributed by atoms with E-state index in [9.17, 15) is 0 Å². The second-order valence-corrected chi connectivity index (χ2v) is 3.20. The van der Waals surface area contributed by atoms with Crippen LogP contribution in [0, 0.1) is 0 Å². The molecule has 3 heteroatoms. The van der Waals surface area contributed by atoms with E-state index < -0.39 is 0 Å². The van der Waals surface area contributed by atoms with Gasteiger partial charge in [0.1, 0.15) is 5.75 Å². The second-order valence-electron chi connectivity index (χ2n) is 3.20. The van der Waals surface area contributed by atoms with E-state index in [1.165, 1.54) is 0 Å². The number of hydrogen-bond acceptors (Lipinski definition) is 3. The van der Waals surface area contributed by atoms with E-state index >= 15 is 0 Å². The fourth-order valence-corrected chi connectivity index (χ4v) is 1.44. The molecule has 0 aliphatic rings. The van der Waals surface area contributed by atoms with Crippen molar-refractivity contribution in [2.45, 2.75) is 0 Å². The van der Waals surface area contributed by atoms with E-state index in [0.29, 0.717) is 0 Å². The van der Waals surface area contributed by atoms with Crippen LogP contribution in [0.4, 0.5) is 5.69 Å². The lowest BCUT2D eigenvalue weighted by molar-refractivity contribution is 0.414. The highest BCUT2D eigenvalue weighted by Crippen LogP contribution is 2.28. The van der Waals surface area contributed by atoms with Crippen LogP contribution in [0.1, 0.15) is 0 Å². The highest BCUT2D eigenvalue weighted by molar-refractivity contribution is 5.70. The van der Waals surface area contributed by atoms with E-state index in [0.717, 1.165) is 22.6 Å². The van der Waals surface area contributed by atoms with Crippen LogP contribution in [0.25, 0.3) is 11.1 Å². The SMILES string of the molecule is COc1cnccc1-c1ccc(N)cc1. The predicted octanol–water partition coefficient (Wildman–Crippen LogP) is 2.34. The zero-order valence-electron chi connectivity index (χ0n) is 8.47. The average Bonchev–Trinajstić information content (AvgIpc) is 2.30. The molecule has 2 aromatic rings. The summed E-state index contributed by atoms with van der Waals surface area (Å²) < 4.78 is 5.24. The molecule has 0 radical (unpaired) electrons. The summed E-state index contributed by atoms with van der Waals surface area (Å²) in [5.74, 6) is 0.766. The van der Waals surface area contributed by atoms with Gasteiger partial charge >= 0.3 is 0 Å². The first-order chi connectivity index (χ1) is 7.31. The summed E-state index contributed by atoms with van der Waals surface area (Å²) in [7, 11) is 1.64. The lowest BCUT2D eigenvalue weighted by Gasteiger charge is -2.07. The minimum absolute atomic E-state index is 0.756. The molecule has 2 N–H and O–H groups in total. The van der Waals surface area contributed by atoms with Crippen LogP contribution in [0.5, 0.6) is 5.75 Å². The maximum atomic E-state index is 5.63. The number of ether oxygens (including phenoxy) is 1. The van der Waals surface area contributed by atoms with Gasteiger partial charge in [-0.25, -0.2) is 0 Å². The summed E-state index contributed by atoms with van der Waals surface area (Å²) in [6.45, 7) is 0. The highest BCUT2D eigenvalue weighted by atomic mass is 16.5. The number of hydrogen-bond donors (Lipinski definition) is 1. The number of benzene rings is 1. The van der Waals surface area contributed by atoms with Gasteiger partial charge in [0.25, 0.3) is 0 Å². The number of nitrogen functional groups attached to an aromatic ring is 1. The molecular weight excluding hydrogens is 188 g/mol. The van der Waals surface area contributed by atoms with Crippen molar-refractivity contribution in [3.05, 3.63) is 42.7 Å². The van der Waals surface area contributed by atoms with Crippen molar-refractivity contribution in [1.29, 1.82) is 0 Å². The van der Waals surface area contributed by atoms with E-state index in [1.807, 2.05) is 30.3 Å². The van der Waals surface area contributed by atoms with E-state index in [1.54, 1.807) is 19.5 Å². The molecule has 0 aliphatic heterocycles. The molecule has 0 amide bonds. The van der Waals surface area contributed by atoms with Gasteiger partial charge in [0.2, 0.25) is 0 Å². The van der Waals surface area contributed by atoms with Crippen LogP contribution in [0.3, 0.4) is 0 Å². The van der Waals surface area contributed by atoms with Crippen LogP contribution in [0.15, 0.2) is 42.7 Å². The number of rotatable bonds is 2. The second kappa shape index (κ2) is 4.00. The van der Waals surface area contributed by atoms with Gasteiger partial charge in [-0.3, -0.25) is 4.98 Å². The van der Waals surface area contributed by atoms with Gasteiger partial charge in [-0.1, -0.05) is 12.1 Å². The minimum Gasteiger partial charge on any atom is -0.494 e. The largest absolute Gasteiger partial charge is 0.494 e. The first kappa shape index (κ1) is 9.52. The van der Waals surface area contributed by atoms with Crippen LogP contribution in [-0.4, -0.2) is 12.1 Å². The molecule has 0 atom stereocenters. The molecule has 2 rings (SSSR count). The number of nitrogens with zero attached hydrogens (tertiary/aromatic N) is 1. The van der Waals surface area contributed by atoms with Crippen LogP contribution < -0.4 is 10.5 Å². The Labute approximate surface area is 88.5 Å². The molecule has 1 aromatic carbocycles. The van der Waals surface area contributed by atoms with Crippen LogP contribution in [0.2, 0.25) is 0 Å². The number of aromatic nitrogens is 1. The summed E-state index contributed by atoms with van der Waals surface area (Å²) in [6, 6.07) is 9.59. The van der Waals surface area contributed by atoms with Crippen molar-refractivity contribution in [3.63, 3.8) is 0 Å². The molecule has 0 unspecified atom stereocenters. The summed E-state index contributed by atoms with van der Waals surface area (Å²) in [4.78, 5) is 4.01. The zero-order chi connectivity index (χ0) is 10.7. The third kappa shape index (κ3) is 1.91. The van der Waals surface area contributed by atoms with Gasteiger partial charge in [0, 0.05) is 17.4 Å². The Balaban J connectivity index is 2.49. The van der Waals surface area contributed by atoms with Crippen LogP contribution >= 0.6 is 0 Å². The molecule has 1 heterocycles. The van der Waals surface area contributed by atoms with Crippen molar-refractivity contribution < 1.29 is 4.74 Å². The van der Waals surface area contributed by atoms with E-state index in [4.69, 9.17) is 10.5 Å². The minimum atomic E-state index is 0.756. The van der Waals surface area contributed by atoms with Crippen molar-refractivity contribution >= 4 is 5.69 Å². The Morgan fingerprint density at radius 3 is 2.53 bits per heavy atom. The molecule has 1 aromatic heterocycles. The van der Waals surface area contributed by atoms with Crippen molar-refractivity contribution in [2.24, 2.45) is 0 Å². The number of pyridine rings is 1. The van der Waals surface area contributed by atoms with Crippen molar-refractivity contribution in [2.75, 3.05) is 12.8 Å². The van der Waals surface area contributed by atoms with Crippen molar-refractivity contribution in [3.8, 4) is 16.9 Å². The average molecular weight is 200 g/mol. The molecule has 0 aliphatic carbocycles. The maximum absolute atomic E-state index is 5.63. The zero-order valence-corrected chi connectivity index (χ0v) is 8.47. The summed E-state index contributed by atoms with van der Waals surface area (Å²) in [5.41, 5.74) is 8.48. The van der Waals surface area contributed by atoms with Crippen molar-refractivity contribution in [1.82, 2.24) is 4.98 Å². The third-order valence-corrected chi connectivity index (χ3v) is 2.23. The normalized spacial score (nSPS) is 9.93. The number of anilines is 1. The van der Waals surface area contributed by atoms with Crippen LogP contribution in [-0.2, 0) is 0 Å². The monoisotopic (exact) mass is 200 g/mol. The lowest BCUT2D eigenvalue weighted by atomic mass is 10.1. The molecule has 0 bridgehead atoms. The van der Waals surface area contributed by atoms with E-state index in [2.05, 4.69) is 4.98 Å². The fraction of sp³-hybridized carbons (Fsp3) is 0.0833. The fourth-order valence-electron chi connectivity index (χ4n) is 1.44. The molecule has 76 valence electrons. The standard InChI is InChI=1S/C12H12N2O/c1-15-12-8-14-7-6-11(12)9-2-4-10(13)5-3-9/h2-8H,13H2,1H3. The molecule has 0 saturated carbocycles. The molecule has 0 fully saturated rings.